The summed E-state index contributed by atoms with van der Waals surface area (Å²) in [4.78, 5) is 17.7. The Bertz CT molecular complexity index is 993. The number of nitrogens with zero attached hydrogens (tertiary/aromatic N) is 4. The first kappa shape index (κ1) is 19.4. The number of amidine groups is 1. The minimum Gasteiger partial charge on any atom is -0.457 e. The van der Waals surface area contributed by atoms with Crippen LogP contribution in [0.4, 0.5) is 17.6 Å². The summed E-state index contributed by atoms with van der Waals surface area (Å²) in [6.45, 7) is 1.17. The van der Waals surface area contributed by atoms with Crippen molar-refractivity contribution >= 4 is 23.6 Å². The van der Waals surface area contributed by atoms with Crippen LogP contribution in [0.25, 0.3) is 0 Å². The molecule has 1 aliphatic rings. The van der Waals surface area contributed by atoms with Gasteiger partial charge in [-0.25, -0.2) is 10.5 Å². The van der Waals surface area contributed by atoms with Crippen LogP contribution < -0.4 is 15.8 Å². The number of hydroxylamine groups is 2. The molecule has 30 heavy (non-hydrogen) atoms. The van der Waals surface area contributed by atoms with E-state index in [2.05, 4.69) is 20.3 Å². The molecular formula is C20H21N7O3. The molecule has 1 aliphatic heterocycles. The number of ether oxygens (including phenoxy) is 2. The summed E-state index contributed by atoms with van der Waals surface area (Å²) >= 11 is 0. The lowest BCUT2D eigenvalue weighted by Gasteiger charge is -2.16. The highest BCUT2D eigenvalue weighted by Gasteiger charge is 2.18. The van der Waals surface area contributed by atoms with Crippen LogP contribution in [-0.2, 0) is 16.2 Å². The molecule has 0 radical (unpaired) electrons. The zero-order valence-corrected chi connectivity index (χ0v) is 16.1. The average molecular weight is 407 g/mol. The van der Waals surface area contributed by atoms with E-state index in [1.807, 2.05) is 54.6 Å². The first-order chi connectivity index (χ1) is 14.7. The molecule has 0 amide bonds. The summed E-state index contributed by atoms with van der Waals surface area (Å²) in [6.07, 6.45) is 0.855. The first-order valence-electron chi connectivity index (χ1n) is 9.38. The Morgan fingerprint density at radius 3 is 2.57 bits per heavy atom. The maximum Gasteiger partial charge on any atom is 0.309 e. The maximum atomic E-state index is 7.87. The van der Waals surface area contributed by atoms with Gasteiger partial charge in [-0.2, -0.15) is 15.0 Å². The van der Waals surface area contributed by atoms with Gasteiger partial charge in [-0.15, -0.1) is 0 Å². The van der Waals surface area contributed by atoms with Gasteiger partial charge in [0.05, 0.1) is 13.2 Å². The molecule has 4 rings (SSSR count). The molecule has 0 atom stereocenters. The van der Waals surface area contributed by atoms with E-state index in [9.17, 15) is 0 Å². The molecule has 3 aromatic rings. The van der Waals surface area contributed by atoms with Crippen LogP contribution in [0, 0.1) is 5.41 Å². The Balaban J connectivity index is 1.37. The molecule has 4 N–H and O–H groups in total. The minimum atomic E-state index is -0.0880. The molecule has 0 saturated carbocycles. The summed E-state index contributed by atoms with van der Waals surface area (Å²) < 4.78 is 11.2. The second-order valence-corrected chi connectivity index (χ2v) is 6.38. The molecule has 154 valence electrons. The van der Waals surface area contributed by atoms with Crippen molar-refractivity contribution in [3.63, 3.8) is 0 Å². The lowest BCUT2D eigenvalue weighted by molar-refractivity contribution is -0.0675. The van der Waals surface area contributed by atoms with E-state index in [-0.39, 0.29) is 24.5 Å². The monoisotopic (exact) mass is 407 g/mol. The molecule has 0 spiro atoms. The molecule has 10 nitrogen and oxygen atoms in total. The third-order valence-electron chi connectivity index (χ3n) is 4.11. The zero-order chi connectivity index (χ0) is 20.8. The topological polar surface area (TPSA) is 132 Å². The van der Waals surface area contributed by atoms with Crippen molar-refractivity contribution in [2.45, 2.75) is 13.0 Å². The molecule has 2 aromatic carbocycles. The van der Waals surface area contributed by atoms with E-state index in [0.29, 0.717) is 24.7 Å². The first-order valence-corrected chi connectivity index (χ1v) is 9.38. The van der Waals surface area contributed by atoms with E-state index in [1.165, 1.54) is 5.06 Å². The number of nitrogens with one attached hydrogen (secondary N) is 2. The van der Waals surface area contributed by atoms with Crippen molar-refractivity contribution in [2.24, 2.45) is 0 Å². The normalized spacial score (nSPS) is 13.1. The quantitative estimate of drug-likeness (QED) is 0.416. The summed E-state index contributed by atoms with van der Waals surface area (Å²) in [6, 6.07) is 16.8. The number of aromatic nitrogens is 3. The Morgan fingerprint density at radius 1 is 1.07 bits per heavy atom. The summed E-state index contributed by atoms with van der Waals surface area (Å²) in [5.74, 6) is 2.11. The lowest BCUT2D eigenvalue weighted by Crippen LogP contribution is -2.28. The van der Waals surface area contributed by atoms with Gasteiger partial charge >= 0.3 is 6.02 Å². The number of rotatable bonds is 6. The fraction of sp³-hybridized carbons (Fsp3) is 0.200. The third-order valence-corrected chi connectivity index (χ3v) is 4.11. The predicted molar refractivity (Wildman–Crippen MR) is 110 cm³/mol. The number of hydrogen-bond acceptors (Lipinski definition) is 9. The van der Waals surface area contributed by atoms with Gasteiger partial charge in [0.25, 0.3) is 0 Å². The Hall–Kier alpha value is -3.92. The Labute approximate surface area is 173 Å². The number of anilines is 3. The van der Waals surface area contributed by atoms with E-state index in [0.717, 1.165) is 17.9 Å². The van der Waals surface area contributed by atoms with E-state index >= 15 is 0 Å². The predicted octanol–water partition coefficient (Wildman–Crippen LogP) is 3.08. The SMILES string of the molecule is N=C(OCc1nc(N)nc(Nc2ccc(Oc3ccccc3)cc2)n1)N1CCCO1. The summed E-state index contributed by atoms with van der Waals surface area (Å²) in [5.41, 5.74) is 6.54. The minimum absolute atomic E-state index is 0.0239. The number of nitrogen functional groups attached to an aromatic ring is 1. The lowest BCUT2D eigenvalue weighted by atomic mass is 10.3. The van der Waals surface area contributed by atoms with Gasteiger partial charge in [-0.3, -0.25) is 4.84 Å². The number of hydrogen-bond donors (Lipinski definition) is 3. The number of benzene rings is 2. The van der Waals surface area contributed by atoms with Gasteiger partial charge in [0.2, 0.25) is 11.9 Å². The average Bonchev–Trinajstić information content (AvgIpc) is 3.29. The van der Waals surface area contributed by atoms with Gasteiger partial charge in [0, 0.05) is 5.69 Å². The summed E-state index contributed by atoms with van der Waals surface area (Å²) in [5, 5.41) is 12.3. The highest BCUT2D eigenvalue weighted by molar-refractivity contribution is 5.69. The van der Waals surface area contributed by atoms with Crippen LogP contribution in [0.2, 0.25) is 0 Å². The van der Waals surface area contributed by atoms with Crippen molar-refractivity contribution in [3.8, 4) is 11.5 Å². The second-order valence-electron chi connectivity index (χ2n) is 6.38. The molecule has 0 unspecified atom stereocenters. The van der Waals surface area contributed by atoms with Crippen LogP contribution in [0.5, 0.6) is 11.5 Å². The molecule has 10 heteroatoms. The molecule has 1 fully saturated rings. The van der Waals surface area contributed by atoms with Crippen LogP contribution >= 0.6 is 0 Å². The molecule has 1 saturated heterocycles. The second kappa shape index (κ2) is 9.05. The van der Waals surface area contributed by atoms with E-state index in [1.54, 1.807) is 0 Å². The largest absolute Gasteiger partial charge is 0.457 e. The molecule has 0 bridgehead atoms. The highest BCUT2D eigenvalue weighted by atomic mass is 16.7. The van der Waals surface area contributed by atoms with Gasteiger partial charge in [-0.05, 0) is 42.8 Å². The van der Waals surface area contributed by atoms with Crippen LogP contribution in [-0.4, -0.2) is 39.2 Å². The molecule has 2 heterocycles. The van der Waals surface area contributed by atoms with Crippen molar-refractivity contribution in [1.29, 1.82) is 5.41 Å². The molecule has 0 aliphatic carbocycles. The fourth-order valence-corrected chi connectivity index (χ4v) is 2.73. The fourth-order valence-electron chi connectivity index (χ4n) is 2.73. The standard InChI is InChI=1S/C20H21N7O3/c21-18-24-17(13-28-19(22)27-11-4-12-29-27)25-20(26-18)23-14-7-9-16(10-8-14)30-15-5-2-1-3-6-15/h1-3,5-10,22H,4,11-13H2,(H3,21,23,24,25,26). The number of nitrogens with two attached hydrogens (primary N) is 1. The van der Waals surface area contributed by atoms with Crippen LogP contribution in [0.15, 0.2) is 54.6 Å². The van der Waals surface area contributed by atoms with E-state index < -0.39 is 0 Å². The van der Waals surface area contributed by atoms with Crippen molar-refractivity contribution in [1.82, 2.24) is 20.0 Å². The summed E-state index contributed by atoms with van der Waals surface area (Å²) in [7, 11) is 0. The van der Waals surface area contributed by atoms with Crippen LogP contribution in [0.3, 0.4) is 0 Å². The van der Waals surface area contributed by atoms with Gasteiger partial charge in [0.1, 0.15) is 11.5 Å². The number of para-hydroxylation sites is 1. The van der Waals surface area contributed by atoms with Gasteiger partial charge in [0.15, 0.2) is 12.4 Å². The van der Waals surface area contributed by atoms with Crippen LogP contribution in [0.1, 0.15) is 12.2 Å². The van der Waals surface area contributed by atoms with Gasteiger partial charge in [-0.1, -0.05) is 18.2 Å². The Kier molecular flexibility index (Phi) is 5.85. The van der Waals surface area contributed by atoms with Crippen molar-refractivity contribution < 1.29 is 14.3 Å². The molecular weight excluding hydrogens is 386 g/mol. The zero-order valence-electron chi connectivity index (χ0n) is 16.1. The Morgan fingerprint density at radius 2 is 1.83 bits per heavy atom. The molecule has 1 aromatic heterocycles. The maximum absolute atomic E-state index is 7.87. The van der Waals surface area contributed by atoms with E-state index in [4.69, 9.17) is 25.5 Å². The smallest absolute Gasteiger partial charge is 0.309 e. The highest BCUT2D eigenvalue weighted by Crippen LogP contribution is 2.23. The third kappa shape index (κ3) is 5.11. The van der Waals surface area contributed by atoms with Crippen molar-refractivity contribution in [3.05, 3.63) is 60.4 Å². The van der Waals surface area contributed by atoms with Gasteiger partial charge < -0.3 is 20.5 Å². The van der Waals surface area contributed by atoms with Crippen molar-refractivity contribution in [2.75, 3.05) is 24.2 Å².